The molecule has 1 aromatic carbocycles. The van der Waals surface area contributed by atoms with Crippen LogP contribution in [-0.2, 0) is 16.1 Å². The summed E-state index contributed by atoms with van der Waals surface area (Å²) in [6, 6.07) is 5.33. The Hall–Kier alpha value is -1.55. The van der Waals surface area contributed by atoms with Crippen molar-refractivity contribution in [1.29, 1.82) is 0 Å². The fourth-order valence-electron chi connectivity index (χ4n) is 1.52. The molecule has 0 N–H and O–H groups in total. The molecule has 18 heavy (non-hydrogen) atoms. The van der Waals surface area contributed by atoms with Crippen molar-refractivity contribution in [2.24, 2.45) is 0 Å². The van der Waals surface area contributed by atoms with Crippen molar-refractivity contribution < 1.29 is 14.3 Å². The number of carbonyl (C=O) groups excluding carboxylic acids is 2. The van der Waals surface area contributed by atoms with E-state index in [4.69, 9.17) is 16.3 Å². The monoisotopic (exact) mass is 269 g/mol. The molecule has 0 bridgehead atoms. The van der Waals surface area contributed by atoms with Crippen LogP contribution in [0.1, 0.15) is 18.9 Å². The van der Waals surface area contributed by atoms with Gasteiger partial charge in [0.2, 0.25) is 5.91 Å². The number of ketones is 1. The SMILES string of the molecule is COc1ccc(CN(C)C(=O)CC(C)=O)cc1Cl. The minimum atomic E-state index is -0.200. The van der Waals surface area contributed by atoms with Crippen LogP contribution in [0.2, 0.25) is 5.02 Å². The van der Waals surface area contributed by atoms with E-state index in [2.05, 4.69) is 0 Å². The summed E-state index contributed by atoms with van der Waals surface area (Å²) in [4.78, 5) is 24.0. The number of nitrogens with zero attached hydrogens (tertiary/aromatic N) is 1. The maximum atomic E-state index is 11.6. The van der Waals surface area contributed by atoms with Crippen LogP contribution < -0.4 is 4.74 Å². The molecule has 1 rings (SSSR count). The number of halogens is 1. The molecule has 4 nitrogen and oxygen atoms in total. The fraction of sp³-hybridized carbons (Fsp3) is 0.385. The summed E-state index contributed by atoms with van der Waals surface area (Å²) in [5.74, 6) is 0.257. The summed E-state index contributed by atoms with van der Waals surface area (Å²) in [6.45, 7) is 1.81. The van der Waals surface area contributed by atoms with Crippen LogP contribution in [0.4, 0.5) is 0 Å². The molecule has 1 aromatic rings. The molecule has 0 aliphatic heterocycles. The predicted molar refractivity (Wildman–Crippen MR) is 69.8 cm³/mol. The standard InChI is InChI=1S/C13H16ClNO3/c1-9(16)6-13(17)15(2)8-10-4-5-12(18-3)11(14)7-10/h4-5,7H,6,8H2,1-3H3. The summed E-state index contributed by atoms with van der Waals surface area (Å²) in [7, 11) is 3.20. The van der Waals surface area contributed by atoms with E-state index in [-0.39, 0.29) is 18.1 Å². The lowest BCUT2D eigenvalue weighted by Crippen LogP contribution is -2.27. The first-order valence-electron chi connectivity index (χ1n) is 5.50. The van der Waals surface area contributed by atoms with Gasteiger partial charge in [-0.2, -0.15) is 0 Å². The lowest BCUT2D eigenvalue weighted by molar-refractivity contribution is -0.134. The minimum absolute atomic E-state index is 0.0691. The first kappa shape index (κ1) is 14.5. The summed E-state index contributed by atoms with van der Waals surface area (Å²) in [5.41, 5.74) is 0.889. The van der Waals surface area contributed by atoms with Crippen LogP contribution in [0.5, 0.6) is 5.75 Å². The normalized spacial score (nSPS) is 10.0. The summed E-state index contributed by atoms with van der Waals surface area (Å²) in [6.07, 6.45) is -0.0691. The predicted octanol–water partition coefficient (Wildman–Crippen LogP) is 2.29. The third kappa shape index (κ3) is 4.04. The summed E-state index contributed by atoms with van der Waals surface area (Å²) in [5, 5.41) is 0.502. The Morgan fingerprint density at radius 3 is 2.56 bits per heavy atom. The Balaban J connectivity index is 2.70. The molecule has 0 aromatic heterocycles. The van der Waals surface area contributed by atoms with Gasteiger partial charge in [-0.05, 0) is 24.6 Å². The third-order valence-electron chi connectivity index (χ3n) is 2.46. The van der Waals surface area contributed by atoms with Gasteiger partial charge in [-0.1, -0.05) is 17.7 Å². The average molecular weight is 270 g/mol. The summed E-state index contributed by atoms with van der Waals surface area (Å²) >= 11 is 5.99. The van der Waals surface area contributed by atoms with Gasteiger partial charge in [-0.15, -0.1) is 0 Å². The zero-order valence-electron chi connectivity index (χ0n) is 10.7. The molecule has 98 valence electrons. The van der Waals surface area contributed by atoms with E-state index in [0.717, 1.165) is 5.56 Å². The maximum Gasteiger partial charge on any atom is 0.230 e. The first-order valence-corrected chi connectivity index (χ1v) is 5.87. The smallest absolute Gasteiger partial charge is 0.230 e. The van der Waals surface area contributed by atoms with Crippen molar-refractivity contribution in [3.8, 4) is 5.75 Å². The number of hydrogen-bond acceptors (Lipinski definition) is 3. The van der Waals surface area contributed by atoms with E-state index in [1.54, 1.807) is 26.3 Å². The average Bonchev–Trinajstić information content (AvgIpc) is 2.28. The lowest BCUT2D eigenvalue weighted by Gasteiger charge is -2.17. The second-order valence-corrected chi connectivity index (χ2v) is 4.50. The Labute approximate surface area is 111 Å². The number of ether oxygens (including phenoxy) is 1. The van der Waals surface area contributed by atoms with Gasteiger partial charge in [0.1, 0.15) is 11.5 Å². The molecule has 0 unspecified atom stereocenters. The van der Waals surface area contributed by atoms with Gasteiger partial charge in [0.05, 0.1) is 18.6 Å². The molecular weight excluding hydrogens is 254 g/mol. The number of hydrogen-bond donors (Lipinski definition) is 0. The van der Waals surface area contributed by atoms with Crippen LogP contribution in [0.25, 0.3) is 0 Å². The zero-order chi connectivity index (χ0) is 13.7. The van der Waals surface area contributed by atoms with Gasteiger partial charge in [-0.25, -0.2) is 0 Å². The van der Waals surface area contributed by atoms with Gasteiger partial charge in [-0.3, -0.25) is 9.59 Å². The number of benzene rings is 1. The van der Waals surface area contributed by atoms with Crippen molar-refractivity contribution in [2.45, 2.75) is 19.9 Å². The number of methoxy groups -OCH3 is 1. The second-order valence-electron chi connectivity index (χ2n) is 4.10. The van der Waals surface area contributed by atoms with E-state index < -0.39 is 0 Å². The van der Waals surface area contributed by atoms with Gasteiger partial charge in [0.25, 0.3) is 0 Å². The highest BCUT2D eigenvalue weighted by atomic mass is 35.5. The largest absolute Gasteiger partial charge is 0.495 e. The molecule has 5 heteroatoms. The number of rotatable bonds is 5. The van der Waals surface area contributed by atoms with Crippen LogP contribution >= 0.6 is 11.6 Å². The Morgan fingerprint density at radius 2 is 2.06 bits per heavy atom. The van der Waals surface area contributed by atoms with Gasteiger partial charge >= 0.3 is 0 Å². The van der Waals surface area contributed by atoms with Crippen LogP contribution in [0.15, 0.2) is 18.2 Å². The first-order chi connectivity index (χ1) is 8.43. The van der Waals surface area contributed by atoms with E-state index >= 15 is 0 Å². The van der Waals surface area contributed by atoms with Gasteiger partial charge in [0.15, 0.2) is 0 Å². The maximum absolute atomic E-state index is 11.6. The fourth-order valence-corrected chi connectivity index (χ4v) is 1.80. The molecule has 0 aliphatic rings. The second kappa shape index (κ2) is 6.40. The summed E-state index contributed by atoms with van der Waals surface area (Å²) < 4.78 is 5.05. The number of carbonyl (C=O) groups is 2. The van der Waals surface area contributed by atoms with Gasteiger partial charge in [0, 0.05) is 13.6 Å². The molecule has 0 spiro atoms. The zero-order valence-corrected chi connectivity index (χ0v) is 11.5. The van der Waals surface area contributed by atoms with E-state index in [1.807, 2.05) is 6.07 Å². The van der Waals surface area contributed by atoms with Crippen LogP contribution in [0.3, 0.4) is 0 Å². The van der Waals surface area contributed by atoms with Gasteiger partial charge < -0.3 is 9.64 Å². The number of Topliss-reactive ketones (excluding diaryl/α,β-unsaturated/α-hetero) is 1. The Bertz CT molecular complexity index is 460. The van der Waals surface area contributed by atoms with Crippen LogP contribution in [-0.4, -0.2) is 30.7 Å². The van der Waals surface area contributed by atoms with Crippen LogP contribution in [0, 0.1) is 0 Å². The molecule has 1 amide bonds. The molecule has 0 aliphatic carbocycles. The number of amides is 1. The van der Waals surface area contributed by atoms with E-state index in [1.165, 1.54) is 11.8 Å². The van der Waals surface area contributed by atoms with E-state index in [0.29, 0.717) is 17.3 Å². The van der Waals surface area contributed by atoms with Crippen molar-refractivity contribution in [1.82, 2.24) is 4.90 Å². The minimum Gasteiger partial charge on any atom is -0.495 e. The molecule has 0 saturated heterocycles. The molecule has 0 saturated carbocycles. The molecular formula is C13H16ClNO3. The topological polar surface area (TPSA) is 46.6 Å². The highest BCUT2D eigenvalue weighted by molar-refractivity contribution is 6.32. The lowest BCUT2D eigenvalue weighted by atomic mass is 10.2. The van der Waals surface area contributed by atoms with Crippen molar-refractivity contribution in [3.05, 3.63) is 28.8 Å². The van der Waals surface area contributed by atoms with E-state index in [9.17, 15) is 9.59 Å². The quantitative estimate of drug-likeness (QED) is 0.771. The highest BCUT2D eigenvalue weighted by Gasteiger charge is 2.12. The molecule has 0 fully saturated rings. The highest BCUT2D eigenvalue weighted by Crippen LogP contribution is 2.25. The molecule has 0 heterocycles. The molecule has 0 radical (unpaired) electrons. The molecule has 0 atom stereocenters. The van der Waals surface area contributed by atoms with Crippen molar-refractivity contribution in [3.63, 3.8) is 0 Å². The third-order valence-corrected chi connectivity index (χ3v) is 2.76. The Kier molecular flexibility index (Phi) is 5.16. The van der Waals surface area contributed by atoms with Crippen molar-refractivity contribution >= 4 is 23.3 Å². The van der Waals surface area contributed by atoms with Crippen molar-refractivity contribution in [2.75, 3.05) is 14.2 Å². The Morgan fingerprint density at radius 1 is 1.39 bits per heavy atom.